The molecule has 0 bridgehead atoms. The number of rotatable bonds is 10. The Balaban J connectivity index is 1.16. The summed E-state index contributed by atoms with van der Waals surface area (Å²) in [6.45, 7) is 6.06. The lowest BCUT2D eigenvalue weighted by Gasteiger charge is -2.38. The number of amides is 1. The number of hydrogen-bond acceptors (Lipinski definition) is 5. The van der Waals surface area contributed by atoms with Gasteiger partial charge in [-0.3, -0.25) is 14.7 Å². The smallest absolute Gasteiger partial charge is 0.391 e. The van der Waals surface area contributed by atoms with E-state index in [2.05, 4.69) is 39.4 Å². The number of aromatic nitrogens is 1. The fraction of sp³-hybridized carbons (Fsp3) is 0.441. The van der Waals surface area contributed by atoms with Crippen molar-refractivity contribution in [1.82, 2.24) is 9.88 Å². The molecule has 228 valence electrons. The predicted molar refractivity (Wildman–Crippen MR) is 162 cm³/mol. The van der Waals surface area contributed by atoms with E-state index in [0.717, 1.165) is 56.3 Å². The SMILES string of the molecule is CCc1cc(/C(C)=N/OCc2ccc(C3CCCCC3)c(C(F)(F)F)c2)ccc1CN1CC(C(=O)Nc2ccncc2)C1. The Labute approximate surface area is 251 Å². The van der Waals surface area contributed by atoms with Gasteiger partial charge >= 0.3 is 6.18 Å². The summed E-state index contributed by atoms with van der Waals surface area (Å²) in [5, 5.41) is 7.17. The van der Waals surface area contributed by atoms with E-state index in [4.69, 9.17) is 4.84 Å². The van der Waals surface area contributed by atoms with E-state index in [-0.39, 0.29) is 24.3 Å². The predicted octanol–water partition coefficient (Wildman–Crippen LogP) is 7.72. The Morgan fingerprint density at radius 1 is 1.02 bits per heavy atom. The van der Waals surface area contributed by atoms with E-state index in [0.29, 0.717) is 29.9 Å². The maximum Gasteiger partial charge on any atom is 0.416 e. The van der Waals surface area contributed by atoms with Crippen molar-refractivity contribution in [3.63, 3.8) is 0 Å². The lowest BCUT2D eigenvalue weighted by molar-refractivity contribution is -0.138. The molecule has 3 aromatic rings. The standard InChI is InChI=1S/C34H39F3N4O2/c1-3-25-18-27(10-11-28(25)19-41-20-29(21-41)33(42)39-30-13-15-38-16-14-30)23(2)40-43-22-24-9-12-31(26-7-5-4-6-8-26)32(17-24)34(35,36)37/h9-18,26,29H,3-8,19-22H2,1-2H3,(H,38,39,42)/b40-23+. The minimum atomic E-state index is -4.40. The molecule has 2 aliphatic rings. The van der Waals surface area contributed by atoms with Crippen LogP contribution in [0.3, 0.4) is 0 Å². The summed E-state index contributed by atoms with van der Waals surface area (Å²) in [6, 6.07) is 14.3. The molecule has 1 aliphatic carbocycles. The molecule has 1 aromatic heterocycles. The van der Waals surface area contributed by atoms with Crippen LogP contribution in [0.2, 0.25) is 0 Å². The van der Waals surface area contributed by atoms with E-state index >= 15 is 0 Å². The molecule has 1 amide bonds. The van der Waals surface area contributed by atoms with Crippen LogP contribution in [0.15, 0.2) is 66.1 Å². The van der Waals surface area contributed by atoms with Gasteiger partial charge in [-0.2, -0.15) is 13.2 Å². The lowest BCUT2D eigenvalue weighted by atomic mass is 9.81. The molecule has 0 unspecified atom stereocenters. The molecule has 0 atom stereocenters. The van der Waals surface area contributed by atoms with Gasteiger partial charge in [0, 0.05) is 37.7 Å². The van der Waals surface area contributed by atoms with Crippen molar-refractivity contribution in [3.05, 3.63) is 94.3 Å². The maximum atomic E-state index is 13.9. The molecule has 0 radical (unpaired) electrons. The summed E-state index contributed by atoms with van der Waals surface area (Å²) in [4.78, 5) is 24.3. The zero-order valence-electron chi connectivity index (χ0n) is 24.8. The molecule has 2 fully saturated rings. The Hall–Kier alpha value is -3.72. The Morgan fingerprint density at radius 3 is 2.47 bits per heavy atom. The van der Waals surface area contributed by atoms with Gasteiger partial charge in [-0.05, 0) is 84.2 Å². The second-order valence-electron chi connectivity index (χ2n) is 11.7. The minimum absolute atomic E-state index is 0.0233. The van der Waals surface area contributed by atoms with Gasteiger partial charge in [-0.25, -0.2) is 0 Å². The molecule has 5 rings (SSSR count). The molecular weight excluding hydrogens is 553 g/mol. The van der Waals surface area contributed by atoms with Gasteiger partial charge in [-0.1, -0.05) is 55.6 Å². The van der Waals surface area contributed by atoms with Crippen molar-refractivity contribution < 1.29 is 22.8 Å². The number of anilines is 1. The molecule has 1 aliphatic heterocycles. The number of aryl methyl sites for hydroxylation is 1. The highest BCUT2D eigenvalue weighted by atomic mass is 19.4. The molecule has 9 heteroatoms. The monoisotopic (exact) mass is 592 g/mol. The third kappa shape index (κ3) is 7.82. The zero-order chi connectivity index (χ0) is 30.4. The van der Waals surface area contributed by atoms with E-state index in [1.165, 1.54) is 17.2 Å². The van der Waals surface area contributed by atoms with Crippen molar-refractivity contribution in [2.75, 3.05) is 18.4 Å². The van der Waals surface area contributed by atoms with Gasteiger partial charge < -0.3 is 10.2 Å². The quantitative estimate of drug-likeness (QED) is 0.193. The van der Waals surface area contributed by atoms with Crippen molar-refractivity contribution in [2.24, 2.45) is 11.1 Å². The molecule has 1 N–H and O–H groups in total. The van der Waals surface area contributed by atoms with Crippen molar-refractivity contribution in [2.45, 2.75) is 77.6 Å². The number of nitrogens with zero attached hydrogens (tertiary/aromatic N) is 3. The van der Waals surface area contributed by atoms with Gasteiger partial charge in [0.1, 0.15) is 6.61 Å². The van der Waals surface area contributed by atoms with Crippen LogP contribution >= 0.6 is 0 Å². The van der Waals surface area contributed by atoms with Crippen molar-refractivity contribution >= 4 is 17.3 Å². The van der Waals surface area contributed by atoms with Crippen LogP contribution in [0, 0.1) is 5.92 Å². The highest BCUT2D eigenvalue weighted by molar-refractivity contribution is 5.98. The molecule has 1 saturated heterocycles. The van der Waals surface area contributed by atoms with Crippen LogP contribution in [0.5, 0.6) is 0 Å². The second-order valence-corrected chi connectivity index (χ2v) is 11.7. The van der Waals surface area contributed by atoms with Crippen LogP contribution in [-0.4, -0.2) is 34.6 Å². The number of oxime groups is 1. The first-order valence-corrected chi connectivity index (χ1v) is 15.1. The third-order valence-corrected chi connectivity index (χ3v) is 8.58. The number of hydrogen-bond donors (Lipinski definition) is 1. The van der Waals surface area contributed by atoms with Crippen LogP contribution in [0.25, 0.3) is 0 Å². The molecule has 43 heavy (non-hydrogen) atoms. The van der Waals surface area contributed by atoms with E-state index in [9.17, 15) is 18.0 Å². The summed E-state index contributed by atoms with van der Waals surface area (Å²) < 4.78 is 41.7. The minimum Gasteiger partial charge on any atom is -0.391 e. The number of benzene rings is 2. The molecule has 2 heterocycles. The van der Waals surface area contributed by atoms with Crippen LogP contribution < -0.4 is 5.32 Å². The number of pyridine rings is 1. The van der Waals surface area contributed by atoms with Crippen LogP contribution in [-0.2, 0) is 35.4 Å². The molecular formula is C34H39F3N4O2. The highest BCUT2D eigenvalue weighted by Crippen LogP contribution is 2.41. The summed E-state index contributed by atoms with van der Waals surface area (Å²) >= 11 is 0. The van der Waals surface area contributed by atoms with Crippen molar-refractivity contribution in [3.8, 4) is 0 Å². The van der Waals surface area contributed by atoms with E-state index in [1.807, 2.05) is 13.0 Å². The van der Waals surface area contributed by atoms with Crippen LogP contribution in [0.4, 0.5) is 18.9 Å². The summed E-state index contributed by atoms with van der Waals surface area (Å²) in [5.74, 6) is -0.0502. The molecule has 6 nitrogen and oxygen atoms in total. The van der Waals surface area contributed by atoms with Crippen LogP contribution in [0.1, 0.15) is 85.3 Å². The lowest BCUT2D eigenvalue weighted by Crippen LogP contribution is -2.51. The average molecular weight is 593 g/mol. The fourth-order valence-corrected chi connectivity index (χ4v) is 6.08. The van der Waals surface area contributed by atoms with Gasteiger partial charge in [0.05, 0.1) is 17.2 Å². The highest BCUT2D eigenvalue weighted by Gasteiger charge is 2.36. The normalized spacial score (nSPS) is 17.0. The Morgan fingerprint density at radius 2 is 1.77 bits per heavy atom. The Kier molecular flexibility index (Phi) is 9.80. The number of carbonyl (C=O) groups is 1. The zero-order valence-corrected chi connectivity index (χ0v) is 24.8. The largest absolute Gasteiger partial charge is 0.416 e. The van der Waals surface area contributed by atoms with Gasteiger partial charge in [0.15, 0.2) is 0 Å². The molecule has 0 spiro atoms. The van der Waals surface area contributed by atoms with Gasteiger partial charge in [0.2, 0.25) is 5.91 Å². The number of likely N-dealkylation sites (tertiary alicyclic amines) is 1. The first kappa shape index (κ1) is 30.7. The number of carbonyl (C=O) groups excluding carboxylic acids is 1. The summed E-state index contributed by atoms with van der Waals surface area (Å²) in [5.41, 5.74) is 5.01. The molecule has 2 aromatic carbocycles. The van der Waals surface area contributed by atoms with Crippen molar-refractivity contribution in [1.29, 1.82) is 0 Å². The number of halogens is 3. The first-order chi connectivity index (χ1) is 20.7. The topological polar surface area (TPSA) is 66.8 Å². The summed E-state index contributed by atoms with van der Waals surface area (Å²) in [7, 11) is 0. The van der Waals surface area contributed by atoms with E-state index in [1.54, 1.807) is 36.7 Å². The fourth-order valence-electron chi connectivity index (χ4n) is 6.08. The average Bonchev–Trinajstić information content (AvgIpc) is 2.99. The summed E-state index contributed by atoms with van der Waals surface area (Å²) in [6.07, 6.45) is 4.41. The van der Waals surface area contributed by atoms with E-state index < -0.39 is 11.7 Å². The Bertz CT molecular complexity index is 1430. The first-order valence-electron chi connectivity index (χ1n) is 15.1. The second kappa shape index (κ2) is 13.7. The third-order valence-electron chi connectivity index (χ3n) is 8.58. The number of alkyl halides is 3. The van der Waals surface area contributed by atoms with Gasteiger partial charge in [0.25, 0.3) is 0 Å². The molecule has 1 saturated carbocycles. The number of nitrogens with one attached hydrogen (secondary N) is 1. The van der Waals surface area contributed by atoms with Gasteiger partial charge in [-0.15, -0.1) is 0 Å². The maximum absolute atomic E-state index is 13.9.